The third-order valence-corrected chi connectivity index (χ3v) is 3.27. The zero-order chi connectivity index (χ0) is 14.7. The quantitative estimate of drug-likeness (QED) is 0.866. The third kappa shape index (κ3) is 3.17. The van der Waals surface area contributed by atoms with Crippen LogP contribution in [-0.4, -0.2) is 30.4 Å². The molecule has 5 nitrogen and oxygen atoms in total. The summed E-state index contributed by atoms with van der Waals surface area (Å²) in [5, 5.41) is 5.99. The van der Waals surface area contributed by atoms with Crippen molar-refractivity contribution in [3.63, 3.8) is 0 Å². The highest BCUT2D eigenvalue weighted by Crippen LogP contribution is 2.23. The summed E-state index contributed by atoms with van der Waals surface area (Å²) in [5.41, 5.74) is 1.84. The van der Waals surface area contributed by atoms with Crippen molar-refractivity contribution in [2.24, 2.45) is 0 Å². The second-order valence-corrected chi connectivity index (χ2v) is 5.38. The molecule has 1 unspecified atom stereocenters. The molecule has 0 saturated carbocycles. The van der Waals surface area contributed by atoms with Crippen LogP contribution in [0.5, 0.6) is 0 Å². The number of hydrogen-bond acceptors (Lipinski definition) is 3. The van der Waals surface area contributed by atoms with Crippen LogP contribution in [0.4, 0.5) is 5.69 Å². The number of nitrogens with one attached hydrogen (secondary N) is 2. The molecule has 1 aliphatic rings. The second-order valence-electron chi connectivity index (χ2n) is 5.38. The smallest absolute Gasteiger partial charge is 0.244 e. The second kappa shape index (κ2) is 6.05. The lowest BCUT2D eigenvalue weighted by molar-refractivity contribution is -0.124. The lowest BCUT2D eigenvalue weighted by Crippen LogP contribution is -2.47. The highest BCUT2D eigenvalue weighted by molar-refractivity contribution is 6.02. The van der Waals surface area contributed by atoms with Crippen LogP contribution >= 0.6 is 0 Å². The van der Waals surface area contributed by atoms with Gasteiger partial charge < -0.3 is 15.5 Å². The number of rotatable bonds is 3. The van der Waals surface area contributed by atoms with Crippen molar-refractivity contribution < 1.29 is 9.59 Å². The average Bonchev–Trinajstić information content (AvgIpc) is 2.51. The minimum Gasteiger partial charge on any atom is -0.352 e. The van der Waals surface area contributed by atoms with Crippen molar-refractivity contribution >= 4 is 17.5 Å². The maximum Gasteiger partial charge on any atom is 0.244 e. The van der Waals surface area contributed by atoms with Gasteiger partial charge >= 0.3 is 0 Å². The monoisotopic (exact) mass is 275 g/mol. The SMILES string of the molecule is CC(C)NC(=O)CN1C(=O)C(C)NCc2ccccc21. The normalized spacial score (nSPS) is 18.7. The number of carbonyl (C=O) groups is 2. The minimum atomic E-state index is -0.297. The van der Waals surface area contributed by atoms with E-state index in [2.05, 4.69) is 10.6 Å². The van der Waals surface area contributed by atoms with Crippen LogP contribution in [0.3, 0.4) is 0 Å². The standard InChI is InChI=1S/C15H21N3O2/c1-10(2)17-14(19)9-18-13-7-5-4-6-12(13)8-16-11(3)15(18)20/h4-7,10-11,16H,8-9H2,1-3H3,(H,17,19). The molecular formula is C15H21N3O2. The van der Waals surface area contributed by atoms with Gasteiger partial charge in [-0.15, -0.1) is 0 Å². The molecule has 1 atom stereocenters. The van der Waals surface area contributed by atoms with E-state index in [9.17, 15) is 9.59 Å². The Morgan fingerprint density at radius 3 is 2.85 bits per heavy atom. The Balaban J connectivity index is 2.27. The zero-order valence-electron chi connectivity index (χ0n) is 12.1. The van der Waals surface area contributed by atoms with E-state index in [-0.39, 0.29) is 30.4 Å². The van der Waals surface area contributed by atoms with Gasteiger partial charge in [-0.1, -0.05) is 18.2 Å². The molecule has 1 heterocycles. The van der Waals surface area contributed by atoms with E-state index in [0.717, 1.165) is 11.3 Å². The molecule has 0 saturated heterocycles. The van der Waals surface area contributed by atoms with Crippen LogP contribution in [-0.2, 0) is 16.1 Å². The fourth-order valence-electron chi connectivity index (χ4n) is 2.30. The maximum atomic E-state index is 12.4. The van der Waals surface area contributed by atoms with Gasteiger partial charge in [0.05, 0.1) is 6.04 Å². The molecule has 108 valence electrons. The number of fused-ring (bicyclic) bond motifs is 1. The molecule has 2 N–H and O–H groups in total. The number of nitrogens with zero attached hydrogens (tertiary/aromatic N) is 1. The summed E-state index contributed by atoms with van der Waals surface area (Å²) in [6.07, 6.45) is 0. The van der Waals surface area contributed by atoms with Gasteiger partial charge in [-0.05, 0) is 32.4 Å². The molecule has 0 aliphatic carbocycles. The van der Waals surface area contributed by atoms with Crippen molar-refractivity contribution in [2.75, 3.05) is 11.4 Å². The first-order valence-electron chi connectivity index (χ1n) is 6.91. The van der Waals surface area contributed by atoms with Crippen LogP contribution < -0.4 is 15.5 Å². The Morgan fingerprint density at radius 2 is 2.15 bits per heavy atom. The summed E-state index contributed by atoms with van der Waals surface area (Å²) in [6, 6.07) is 7.45. The van der Waals surface area contributed by atoms with Gasteiger partial charge in [0.15, 0.2) is 0 Å². The molecular weight excluding hydrogens is 254 g/mol. The van der Waals surface area contributed by atoms with Crippen LogP contribution in [0.25, 0.3) is 0 Å². The summed E-state index contributed by atoms with van der Waals surface area (Å²) in [6.45, 7) is 6.31. The van der Waals surface area contributed by atoms with Crippen LogP contribution in [0.15, 0.2) is 24.3 Å². The lowest BCUT2D eigenvalue weighted by Gasteiger charge is -2.24. The fraction of sp³-hybridized carbons (Fsp3) is 0.467. The molecule has 2 rings (SSSR count). The van der Waals surface area contributed by atoms with E-state index in [1.165, 1.54) is 0 Å². The van der Waals surface area contributed by atoms with Gasteiger partial charge in [-0.25, -0.2) is 0 Å². The molecule has 1 aliphatic heterocycles. The molecule has 1 aromatic carbocycles. The minimum absolute atomic E-state index is 0.0556. The number of benzene rings is 1. The Bertz CT molecular complexity index is 514. The largest absolute Gasteiger partial charge is 0.352 e. The van der Waals surface area contributed by atoms with E-state index in [4.69, 9.17) is 0 Å². The van der Waals surface area contributed by atoms with Crippen LogP contribution in [0.2, 0.25) is 0 Å². The average molecular weight is 275 g/mol. The summed E-state index contributed by atoms with van der Waals surface area (Å²) in [4.78, 5) is 26.0. The Morgan fingerprint density at radius 1 is 1.45 bits per heavy atom. The maximum absolute atomic E-state index is 12.4. The predicted molar refractivity (Wildman–Crippen MR) is 78.4 cm³/mol. The van der Waals surface area contributed by atoms with Gasteiger partial charge in [0.25, 0.3) is 0 Å². The van der Waals surface area contributed by atoms with E-state index in [1.807, 2.05) is 45.0 Å². The Hall–Kier alpha value is -1.88. The predicted octanol–water partition coefficient (Wildman–Crippen LogP) is 1.04. The fourth-order valence-corrected chi connectivity index (χ4v) is 2.30. The van der Waals surface area contributed by atoms with E-state index in [1.54, 1.807) is 4.90 Å². The number of para-hydroxylation sites is 1. The number of hydrogen-bond donors (Lipinski definition) is 2. The molecule has 1 aromatic rings. The molecule has 0 fully saturated rings. The van der Waals surface area contributed by atoms with E-state index < -0.39 is 0 Å². The Kier molecular flexibility index (Phi) is 4.39. The number of anilines is 1. The van der Waals surface area contributed by atoms with Crippen molar-refractivity contribution in [2.45, 2.75) is 39.4 Å². The first-order chi connectivity index (χ1) is 9.49. The van der Waals surface area contributed by atoms with Crippen molar-refractivity contribution in [3.05, 3.63) is 29.8 Å². The Labute approximate surface area is 119 Å². The molecule has 2 amide bonds. The van der Waals surface area contributed by atoms with Gasteiger partial charge in [0, 0.05) is 18.3 Å². The molecule has 5 heteroatoms. The highest BCUT2D eigenvalue weighted by Gasteiger charge is 2.28. The van der Waals surface area contributed by atoms with Gasteiger partial charge in [0.2, 0.25) is 11.8 Å². The van der Waals surface area contributed by atoms with Crippen LogP contribution in [0, 0.1) is 0 Å². The summed E-state index contributed by atoms with van der Waals surface area (Å²) < 4.78 is 0. The highest BCUT2D eigenvalue weighted by atomic mass is 16.2. The molecule has 0 aromatic heterocycles. The van der Waals surface area contributed by atoms with Crippen LogP contribution in [0.1, 0.15) is 26.3 Å². The zero-order valence-corrected chi connectivity index (χ0v) is 12.1. The van der Waals surface area contributed by atoms with Crippen molar-refractivity contribution in [1.29, 1.82) is 0 Å². The number of amides is 2. The third-order valence-electron chi connectivity index (χ3n) is 3.27. The van der Waals surface area contributed by atoms with Gasteiger partial charge in [0.1, 0.15) is 6.54 Å². The topological polar surface area (TPSA) is 61.4 Å². The van der Waals surface area contributed by atoms with E-state index in [0.29, 0.717) is 6.54 Å². The lowest BCUT2D eigenvalue weighted by atomic mass is 10.1. The molecule has 0 radical (unpaired) electrons. The van der Waals surface area contributed by atoms with Gasteiger partial charge in [-0.3, -0.25) is 9.59 Å². The number of carbonyl (C=O) groups excluding carboxylic acids is 2. The summed E-state index contributed by atoms with van der Waals surface area (Å²) >= 11 is 0. The van der Waals surface area contributed by atoms with Crippen molar-refractivity contribution in [1.82, 2.24) is 10.6 Å². The molecule has 0 bridgehead atoms. The first kappa shape index (κ1) is 14.5. The molecule has 0 spiro atoms. The van der Waals surface area contributed by atoms with Crippen molar-refractivity contribution in [3.8, 4) is 0 Å². The van der Waals surface area contributed by atoms with Gasteiger partial charge in [-0.2, -0.15) is 0 Å². The summed E-state index contributed by atoms with van der Waals surface area (Å²) in [7, 11) is 0. The summed E-state index contributed by atoms with van der Waals surface area (Å²) in [5.74, 6) is -0.217. The first-order valence-corrected chi connectivity index (χ1v) is 6.91. The van der Waals surface area contributed by atoms with E-state index >= 15 is 0 Å². The molecule has 20 heavy (non-hydrogen) atoms.